The molecule has 0 spiro atoms. The van der Waals surface area contributed by atoms with Crippen molar-refractivity contribution in [3.63, 3.8) is 0 Å². The van der Waals surface area contributed by atoms with Gasteiger partial charge in [-0.3, -0.25) is 4.98 Å². The molecule has 4 aromatic rings. The third-order valence-corrected chi connectivity index (χ3v) is 9.77. The second-order valence-corrected chi connectivity index (χ2v) is 15.6. The molecule has 0 aliphatic carbocycles. The van der Waals surface area contributed by atoms with Gasteiger partial charge >= 0.3 is 5.97 Å². The molecule has 0 radical (unpaired) electrons. The number of hydrogen-bond donors (Lipinski definition) is 1. The first-order chi connectivity index (χ1) is 25.2. The van der Waals surface area contributed by atoms with Crippen molar-refractivity contribution in [2.24, 2.45) is 5.41 Å². The SMILES string of the molecule is COc1cccc(CCOc2ccc(-c3c(C)nc(C)c([C@H](OC(C)(C)C)C(=O)O)c3N3CCC(C)(C)CC3)cc2OCCc2cccc(OC)c2)c1. The summed E-state index contributed by atoms with van der Waals surface area (Å²) in [7, 11) is 3.33. The number of pyridine rings is 1. The van der Waals surface area contributed by atoms with Crippen LogP contribution in [0.3, 0.4) is 0 Å². The smallest absolute Gasteiger partial charge is 0.337 e. The van der Waals surface area contributed by atoms with E-state index >= 15 is 0 Å². The highest BCUT2D eigenvalue weighted by molar-refractivity contribution is 5.88. The van der Waals surface area contributed by atoms with Crippen LogP contribution in [0.5, 0.6) is 23.0 Å². The van der Waals surface area contributed by atoms with E-state index in [2.05, 4.69) is 30.9 Å². The van der Waals surface area contributed by atoms with Crippen LogP contribution in [-0.2, 0) is 22.4 Å². The molecule has 1 saturated heterocycles. The van der Waals surface area contributed by atoms with Gasteiger partial charge in [0.2, 0.25) is 0 Å². The lowest BCUT2D eigenvalue weighted by Crippen LogP contribution is -2.39. The summed E-state index contributed by atoms with van der Waals surface area (Å²) >= 11 is 0. The number of ether oxygens (including phenoxy) is 5. The number of aliphatic carboxylic acids is 1. The summed E-state index contributed by atoms with van der Waals surface area (Å²) in [5, 5.41) is 10.6. The summed E-state index contributed by atoms with van der Waals surface area (Å²) in [6, 6.07) is 21.9. The van der Waals surface area contributed by atoms with Crippen LogP contribution in [-0.4, -0.2) is 62.2 Å². The Morgan fingerprint density at radius 1 is 0.830 bits per heavy atom. The van der Waals surface area contributed by atoms with E-state index < -0.39 is 17.7 Å². The molecule has 5 rings (SSSR count). The van der Waals surface area contributed by atoms with Crippen molar-refractivity contribution < 1.29 is 33.6 Å². The Kier molecular flexibility index (Phi) is 12.6. The van der Waals surface area contributed by atoms with Crippen LogP contribution in [0, 0.1) is 19.3 Å². The Morgan fingerprint density at radius 3 is 1.92 bits per heavy atom. The number of methoxy groups -OCH3 is 2. The van der Waals surface area contributed by atoms with Crippen LogP contribution in [0.25, 0.3) is 11.1 Å². The molecule has 1 aliphatic rings. The first-order valence-electron chi connectivity index (χ1n) is 18.5. The van der Waals surface area contributed by atoms with Crippen molar-refractivity contribution in [3.05, 3.63) is 94.8 Å². The standard InChI is InChI=1S/C44H56N2O7/c1-29-38(40(46-22-20-44(6,7)21-23-46)39(30(2)45-29)41(42(47)48)53-43(3,4)5)33-16-17-36(51-24-18-31-12-10-14-34(26-31)49-8)37(28-33)52-25-19-32-13-11-15-35(27-32)50-9/h10-17,26-28,41H,18-25H2,1-9H3,(H,47,48)/t41-/m0/s1. The van der Waals surface area contributed by atoms with Gasteiger partial charge in [-0.25, -0.2) is 4.79 Å². The maximum Gasteiger partial charge on any atom is 0.337 e. The van der Waals surface area contributed by atoms with E-state index in [1.165, 1.54) is 0 Å². The summed E-state index contributed by atoms with van der Waals surface area (Å²) in [4.78, 5) is 20.3. The summed E-state index contributed by atoms with van der Waals surface area (Å²) in [6.45, 7) is 16.5. The second-order valence-electron chi connectivity index (χ2n) is 15.6. The lowest BCUT2D eigenvalue weighted by atomic mass is 9.81. The number of aryl methyl sites for hydroxylation is 2. The largest absolute Gasteiger partial charge is 0.497 e. The molecule has 1 N–H and O–H groups in total. The maximum absolute atomic E-state index is 13.0. The van der Waals surface area contributed by atoms with Gasteiger partial charge in [0, 0.05) is 48.4 Å². The average molecular weight is 725 g/mol. The zero-order valence-electron chi connectivity index (χ0n) is 32.9. The van der Waals surface area contributed by atoms with E-state index in [9.17, 15) is 9.90 Å². The van der Waals surface area contributed by atoms with Gasteiger partial charge in [-0.15, -0.1) is 0 Å². The molecule has 1 fully saturated rings. The predicted molar refractivity (Wildman–Crippen MR) is 210 cm³/mol. The van der Waals surface area contributed by atoms with Gasteiger partial charge in [-0.1, -0.05) is 44.2 Å². The number of carbonyl (C=O) groups is 1. The fourth-order valence-electron chi connectivity index (χ4n) is 6.86. The Morgan fingerprint density at radius 2 is 1.40 bits per heavy atom. The zero-order valence-corrected chi connectivity index (χ0v) is 32.9. The molecule has 2 heterocycles. The fourth-order valence-corrected chi connectivity index (χ4v) is 6.86. The summed E-state index contributed by atoms with van der Waals surface area (Å²) in [6.07, 6.45) is 2.10. The van der Waals surface area contributed by atoms with Crippen LogP contribution in [0.1, 0.15) is 81.6 Å². The molecule has 3 aromatic carbocycles. The third kappa shape index (κ3) is 10.2. The molecule has 1 aliphatic heterocycles. The molecule has 0 unspecified atom stereocenters. The minimum absolute atomic E-state index is 0.190. The summed E-state index contributed by atoms with van der Waals surface area (Å²) in [5.41, 5.74) is 6.33. The van der Waals surface area contributed by atoms with E-state index in [0.717, 1.165) is 71.1 Å². The van der Waals surface area contributed by atoms with Gasteiger partial charge in [0.15, 0.2) is 17.6 Å². The Balaban J connectivity index is 1.58. The van der Waals surface area contributed by atoms with Crippen LogP contribution in [0.4, 0.5) is 5.69 Å². The normalized spacial score (nSPS) is 14.8. The Bertz CT molecular complexity index is 1870. The molecular formula is C44H56N2O7. The molecule has 9 nitrogen and oxygen atoms in total. The van der Waals surface area contributed by atoms with E-state index in [1.807, 2.05) is 89.2 Å². The highest BCUT2D eigenvalue weighted by Crippen LogP contribution is 2.46. The van der Waals surface area contributed by atoms with Crippen molar-refractivity contribution >= 4 is 11.7 Å². The van der Waals surface area contributed by atoms with E-state index in [1.54, 1.807) is 14.2 Å². The van der Waals surface area contributed by atoms with Crippen LogP contribution >= 0.6 is 0 Å². The molecule has 0 saturated carbocycles. The first kappa shape index (κ1) is 39.4. The van der Waals surface area contributed by atoms with Gasteiger partial charge in [0.25, 0.3) is 0 Å². The van der Waals surface area contributed by atoms with Gasteiger partial charge < -0.3 is 33.7 Å². The van der Waals surface area contributed by atoms with Gasteiger partial charge in [-0.05, 0) is 106 Å². The minimum Gasteiger partial charge on any atom is -0.497 e. The number of hydrogen-bond acceptors (Lipinski definition) is 8. The number of anilines is 1. The summed E-state index contributed by atoms with van der Waals surface area (Å²) < 4.78 is 30.1. The van der Waals surface area contributed by atoms with Crippen molar-refractivity contribution in [2.75, 3.05) is 45.4 Å². The zero-order chi connectivity index (χ0) is 38.3. The number of nitrogens with zero attached hydrogens (tertiary/aromatic N) is 2. The molecule has 284 valence electrons. The molecule has 0 bridgehead atoms. The number of rotatable bonds is 15. The average Bonchev–Trinajstić information content (AvgIpc) is 3.11. The molecule has 0 amide bonds. The molecule has 1 aromatic heterocycles. The van der Waals surface area contributed by atoms with Crippen LogP contribution in [0.2, 0.25) is 0 Å². The lowest BCUT2D eigenvalue weighted by molar-refractivity contribution is -0.160. The molecular weight excluding hydrogens is 668 g/mol. The van der Waals surface area contributed by atoms with Gasteiger partial charge in [0.05, 0.1) is 38.7 Å². The highest BCUT2D eigenvalue weighted by atomic mass is 16.5. The van der Waals surface area contributed by atoms with Crippen molar-refractivity contribution in [1.82, 2.24) is 4.98 Å². The maximum atomic E-state index is 13.0. The fraction of sp³-hybridized carbons (Fsp3) is 0.455. The van der Waals surface area contributed by atoms with Crippen molar-refractivity contribution in [1.29, 1.82) is 0 Å². The van der Waals surface area contributed by atoms with E-state index in [4.69, 9.17) is 28.7 Å². The van der Waals surface area contributed by atoms with Crippen LogP contribution < -0.4 is 23.8 Å². The topological polar surface area (TPSA) is 99.6 Å². The molecule has 9 heteroatoms. The molecule has 1 atom stereocenters. The lowest BCUT2D eigenvalue weighted by Gasteiger charge is -2.41. The Hall–Kier alpha value is -4.76. The molecule has 53 heavy (non-hydrogen) atoms. The number of benzene rings is 3. The minimum atomic E-state index is -1.20. The number of piperidine rings is 1. The Labute approximate surface area is 315 Å². The third-order valence-electron chi connectivity index (χ3n) is 9.77. The van der Waals surface area contributed by atoms with Crippen molar-refractivity contribution in [2.45, 2.75) is 85.9 Å². The number of carboxylic acid groups (broad SMARTS) is 1. The van der Waals surface area contributed by atoms with Crippen molar-refractivity contribution in [3.8, 4) is 34.1 Å². The van der Waals surface area contributed by atoms with Gasteiger partial charge in [-0.2, -0.15) is 0 Å². The van der Waals surface area contributed by atoms with Gasteiger partial charge in [0.1, 0.15) is 11.5 Å². The monoisotopic (exact) mass is 724 g/mol. The van der Waals surface area contributed by atoms with Crippen LogP contribution in [0.15, 0.2) is 66.7 Å². The first-order valence-corrected chi connectivity index (χ1v) is 18.5. The second kappa shape index (κ2) is 16.9. The number of aromatic nitrogens is 1. The quantitative estimate of drug-likeness (QED) is 0.129. The summed E-state index contributed by atoms with van der Waals surface area (Å²) in [5.74, 6) is 1.79. The number of carboxylic acids is 1. The van der Waals surface area contributed by atoms with E-state index in [0.29, 0.717) is 48.8 Å². The van der Waals surface area contributed by atoms with E-state index in [-0.39, 0.29) is 5.41 Å². The predicted octanol–water partition coefficient (Wildman–Crippen LogP) is 9.19. The highest BCUT2D eigenvalue weighted by Gasteiger charge is 2.36.